The third-order valence-electron chi connectivity index (χ3n) is 3.19. The van der Waals surface area contributed by atoms with Crippen molar-refractivity contribution in [3.8, 4) is 0 Å². The summed E-state index contributed by atoms with van der Waals surface area (Å²) in [6.45, 7) is 4.03. The number of halogens is 3. The van der Waals surface area contributed by atoms with Crippen molar-refractivity contribution < 1.29 is 32.3 Å². The van der Waals surface area contributed by atoms with Crippen LogP contribution in [0.25, 0.3) is 0 Å². The van der Waals surface area contributed by atoms with Crippen molar-refractivity contribution in [3.05, 3.63) is 18.4 Å². The number of nitrogens with zero attached hydrogens (tertiary/aromatic N) is 2. The first kappa shape index (κ1) is 18.9. The van der Waals surface area contributed by atoms with Crippen molar-refractivity contribution >= 4 is 11.9 Å². The van der Waals surface area contributed by atoms with Crippen LogP contribution >= 0.6 is 0 Å². The summed E-state index contributed by atoms with van der Waals surface area (Å²) in [5.74, 6) is -2.06. The van der Waals surface area contributed by atoms with Gasteiger partial charge in [-0.1, -0.05) is 0 Å². The Morgan fingerprint density at radius 3 is 2.39 bits per heavy atom. The molecule has 0 saturated carbocycles. The fraction of sp³-hybridized carbons (Fsp3) is 0.615. The van der Waals surface area contributed by atoms with Crippen LogP contribution < -0.4 is 5.32 Å². The minimum absolute atomic E-state index is 0.0881. The van der Waals surface area contributed by atoms with E-state index in [1.165, 1.54) is 6.26 Å². The van der Waals surface area contributed by atoms with E-state index in [9.17, 15) is 18.0 Å². The summed E-state index contributed by atoms with van der Waals surface area (Å²) < 4.78 is 36.9. The van der Waals surface area contributed by atoms with Crippen LogP contribution in [0.4, 0.5) is 13.2 Å². The molecule has 23 heavy (non-hydrogen) atoms. The van der Waals surface area contributed by atoms with Crippen LogP contribution in [0.3, 0.4) is 0 Å². The van der Waals surface area contributed by atoms with E-state index in [-0.39, 0.29) is 5.91 Å². The Morgan fingerprint density at radius 1 is 1.43 bits per heavy atom. The summed E-state index contributed by atoms with van der Waals surface area (Å²) in [4.78, 5) is 26.4. The van der Waals surface area contributed by atoms with E-state index >= 15 is 0 Å². The molecule has 1 saturated heterocycles. The van der Waals surface area contributed by atoms with Crippen molar-refractivity contribution in [1.29, 1.82) is 0 Å². The van der Waals surface area contributed by atoms with Gasteiger partial charge in [-0.15, -0.1) is 0 Å². The van der Waals surface area contributed by atoms with Gasteiger partial charge in [0.2, 0.25) is 11.8 Å². The van der Waals surface area contributed by atoms with Crippen molar-refractivity contribution in [2.24, 2.45) is 0 Å². The van der Waals surface area contributed by atoms with Gasteiger partial charge in [0.1, 0.15) is 6.26 Å². The van der Waals surface area contributed by atoms with Crippen LogP contribution in [-0.4, -0.2) is 52.2 Å². The monoisotopic (exact) mass is 337 g/mol. The Kier molecular flexibility index (Phi) is 7.01. The molecule has 2 heterocycles. The fourth-order valence-corrected chi connectivity index (χ4v) is 2.09. The molecule has 2 rings (SSSR count). The molecule has 1 aromatic heterocycles. The molecule has 1 amide bonds. The molecule has 0 aromatic carbocycles. The summed E-state index contributed by atoms with van der Waals surface area (Å²) >= 11 is 0. The van der Waals surface area contributed by atoms with Crippen molar-refractivity contribution in [2.45, 2.75) is 38.5 Å². The second-order valence-corrected chi connectivity index (χ2v) is 4.86. The molecular weight excluding hydrogens is 319 g/mol. The molecule has 7 nitrogen and oxygen atoms in total. The largest absolute Gasteiger partial charge is 0.490 e. The van der Waals surface area contributed by atoms with Crippen molar-refractivity contribution in [1.82, 2.24) is 15.2 Å². The van der Waals surface area contributed by atoms with Gasteiger partial charge in [-0.2, -0.15) is 13.2 Å². The van der Waals surface area contributed by atoms with Gasteiger partial charge in [-0.25, -0.2) is 9.78 Å². The average Bonchev–Trinajstić information content (AvgIpc) is 2.98. The maximum absolute atomic E-state index is 11.6. The number of nitrogens with one attached hydrogen (secondary N) is 1. The number of aliphatic carboxylic acids is 1. The number of piperidine rings is 1. The second-order valence-electron chi connectivity index (χ2n) is 4.86. The number of carboxylic acid groups (broad SMARTS) is 1. The van der Waals surface area contributed by atoms with Crippen LogP contribution in [-0.2, 0) is 16.1 Å². The lowest BCUT2D eigenvalue weighted by atomic mass is 10.0. The molecule has 1 aliphatic rings. The molecule has 1 aliphatic heterocycles. The van der Waals surface area contributed by atoms with Crippen LogP contribution in [0.5, 0.6) is 0 Å². The van der Waals surface area contributed by atoms with Crippen molar-refractivity contribution in [3.63, 3.8) is 0 Å². The van der Waals surface area contributed by atoms with E-state index in [1.807, 2.05) is 4.90 Å². The van der Waals surface area contributed by atoms with Gasteiger partial charge in [0.25, 0.3) is 0 Å². The number of amides is 1. The highest BCUT2D eigenvalue weighted by atomic mass is 19.4. The Balaban J connectivity index is 0.000000322. The zero-order valence-electron chi connectivity index (χ0n) is 12.5. The zero-order chi connectivity index (χ0) is 17.5. The minimum Gasteiger partial charge on any atom is -0.475 e. The van der Waals surface area contributed by atoms with Gasteiger partial charge in [-0.3, -0.25) is 4.79 Å². The number of carboxylic acids is 1. The number of hydrogen-bond donors (Lipinski definition) is 2. The summed E-state index contributed by atoms with van der Waals surface area (Å²) in [7, 11) is 0. The van der Waals surface area contributed by atoms with E-state index < -0.39 is 12.1 Å². The molecule has 0 aliphatic carbocycles. The van der Waals surface area contributed by atoms with E-state index in [0.29, 0.717) is 18.5 Å². The number of aromatic nitrogens is 1. The predicted octanol–water partition coefficient (Wildman–Crippen LogP) is 1.41. The minimum atomic E-state index is -5.08. The molecule has 130 valence electrons. The van der Waals surface area contributed by atoms with Crippen molar-refractivity contribution in [2.75, 3.05) is 13.1 Å². The van der Waals surface area contributed by atoms with Crippen LogP contribution in [0.15, 0.2) is 16.9 Å². The molecule has 0 spiro atoms. The first-order chi connectivity index (χ1) is 10.7. The maximum atomic E-state index is 11.6. The van der Waals surface area contributed by atoms with Gasteiger partial charge in [0, 0.05) is 13.0 Å². The number of oxazole rings is 1. The maximum Gasteiger partial charge on any atom is 0.490 e. The molecule has 0 bridgehead atoms. The quantitative estimate of drug-likeness (QED) is 0.866. The van der Waals surface area contributed by atoms with Crippen LogP contribution in [0, 0.1) is 0 Å². The summed E-state index contributed by atoms with van der Waals surface area (Å²) in [5, 5.41) is 10.4. The van der Waals surface area contributed by atoms with E-state index in [0.717, 1.165) is 25.9 Å². The topological polar surface area (TPSA) is 95.7 Å². The first-order valence-electron chi connectivity index (χ1n) is 6.88. The number of alkyl halides is 3. The number of carbonyl (C=O) groups excluding carboxylic acids is 1. The molecule has 2 N–H and O–H groups in total. The predicted molar refractivity (Wildman–Crippen MR) is 72.3 cm³/mol. The van der Waals surface area contributed by atoms with Gasteiger partial charge >= 0.3 is 12.1 Å². The highest BCUT2D eigenvalue weighted by Crippen LogP contribution is 2.15. The Labute approximate surface area is 130 Å². The molecule has 0 atom stereocenters. The highest BCUT2D eigenvalue weighted by Gasteiger charge is 2.38. The standard InChI is InChI=1S/C11H17N3O2.C2HF3O2/c1-9(15)14(8-11-13-6-7-16-11)10-2-4-12-5-3-10;3-2(4,5)1(6)7/h6-7,10,12H,2-5,8H2,1H3;(H,6,7). The fourth-order valence-electron chi connectivity index (χ4n) is 2.09. The number of rotatable bonds is 3. The van der Waals surface area contributed by atoms with Gasteiger partial charge in [0.05, 0.1) is 12.7 Å². The lowest BCUT2D eigenvalue weighted by Gasteiger charge is -2.33. The van der Waals surface area contributed by atoms with E-state index in [2.05, 4.69) is 10.3 Å². The van der Waals surface area contributed by atoms with E-state index in [1.54, 1.807) is 13.1 Å². The molecule has 1 fully saturated rings. The third kappa shape index (κ3) is 6.68. The molecule has 1 aromatic rings. The average molecular weight is 337 g/mol. The number of carbonyl (C=O) groups is 2. The molecule has 0 radical (unpaired) electrons. The van der Waals surface area contributed by atoms with E-state index in [4.69, 9.17) is 14.3 Å². The van der Waals surface area contributed by atoms with Gasteiger partial charge in [-0.05, 0) is 25.9 Å². The zero-order valence-corrected chi connectivity index (χ0v) is 12.5. The van der Waals surface area contributed by atoms with Crippen LogP contribution in [0.1, 0.15) is 25.7 Å². The lowest BCUT2D eigenvalue weighted by Crippen LogP contribution is -2.44. The molecule has 0 unspecified atom stereocenters. The lowest BCUT2D eigenvalue weighted by molar-refractivity contribution is -0.192. The van der Waals surface area contributed by atoms with Gasteiger partial charge in [0.15, 0.2) is 0 Å². The normalized spacial score (nSPS) is 15.5. The smallest absolute Gasteiger partial charge is 0.475 e. The Morgan fingerprint density at radius 2 is 2.00 bits per heavy atom. The Hall–Kier alpha value is -2.10. The Bertz CT molecular complexity index is 499. The van der Waals surface area contributed by atoms with Crippen LogP contribution in [0.2, 0.25) is 0 Å². The summed E-state index contributed by atoms with van der Waals surface area (Å²) in [5.41, 5.74) is 0. The first-order valence-corrected chi connectivity index (χ1v) is 6.88. The second kappa shape index (κ2) is 8.51. The third-order valence-corrected chi connectivity index (χ3v) is 3.19. The molecular formula is C13H18F3N3O4. The highest BCUT2D eigenvalue weighted by molar-refractivity contribution is 5.73. The summed E-state index contributed by atoms with van der Waals surface area (Å²) in [6.07, 6.45) is 0.0622. The SMILES string of the molecule is CC(=O)N(Cc1ncco1)C1CCNCC1.O=C(O)C(F)(F)F. The summed E-state index contributed by atoms with van der Waals surface area (Å²) in [6, 6.07) is 0.311. The number of hydrogen-bond acceptors (Lipinski definition) is 5. The van der Waals surface area contributed by atoms with Gasteiger partial charge < -0.3 is 19.7 Å². The molecule has 10 heteroatoms.